The number of nitrogens with zero attached hydrogens (tertiary/aromatic N) is 1. The van der Waals surface area contributed by atoms with E-state index in [-0.39, 0.29) is 5.91 Å². The molecule has 0 heterocycles. The van der Waals surface area contributed by atoms with Crippen molar-refractivity contribution in [1.82, 2.24) is 4.90 Å². The summed E-state index contributed by atoms with van der Waals surface area (Å²) in [5.41, 5.74) is 0.741. The summed E-state index contributed by atoms with van der Waals surface area (Å²) in [6, 6.07) is 8.15. The van der Waals surface area contributed by atoms with E-state index < -0.39 is 0 Å². The summed E-state index contributed by atoms with van der Waals surface area (Å²) in [5, 5.41) is 2.93. The van der Waals surface area contributed by atoms with Crippen molar-refractivity contribution in [1.29, 1.82) is 0 Å². The Morgan fingerprint density at radius 3 is 2.71 bits per heavy atom. The molecule has 0 aromatic heterocycles. The highest BCUT2D eigenvalue weighted by atomic mass is 16.5. The SMILES string of the molecule is COc1ccccc1NC(=O)CCN(C)C1CCCCC1. The van der Waals surface area contributed by atoms with Crippen LogP contribution in [0.3, 0.4) is 0 Å². The van der Waals surface area contributed by atoms with E-state index in [0.717, 1.165) is 12.2 Å². The van der Waals surface area contributed by atoms with Crippen LogP contribution in [0.1, 0.15) is 38.5 Å². The molecular weight excluding hydrogens is 264 g/mol. The van der Waals surface area contributed by atoms with Crippen LogP contribution in [-0.2, 0) is 4.79 Å². The van der Waals surface area contributed by atoms with Crippen molar-refractivity contribution in [3.05, 3.63) is 24.3 Å². The molecule has 4 nitrogen and oxygen atoms in total. The fraction of sp³-hybridized carbons (Fsp3) is 0.588. The fourth-order valence-corrected chi connectivity index (χ4v) is 2.94. The van der Waals surface area contributed by atoms with Gasteiger partial charge in [0, 0.05) is 19.0 Å². The maximum atomic E-state index is 12.1. The lowest BCUT2D eigenvalue weighted by Crippen LogP contribution is -2.35. The van der Waals surface area contributed by atoms with Crippen molar-refractivity contribution in [3.63, 3.8) is 0 Å². The van der Waals surface area contributed by atoms with Crippen molar-refractivity contribution in [2.24, 2.45) is 0 Å². The zero-order valence-electron chi connectivity index (χ0n) is 13.1. The summed E-state index contributed by atoms with van der Waals surface area (Å²) in [6.45, 7) is 0.811. The summed E-state index contributed by atoms with van der Waals surface area (Å²) in [4.78, 5) is 14.4. The minimum absolute atomic E-state index is 0.0437. The predicted molar refractivity (Wildman–Crippen MR) is 85.7 cm³/mol. The van der Waals surface area contributed by atoms with E-state index in [9.17, 15) is 4.79 Å². The first-order valence-corrected chi connectivity index (χ1v) is 7.84. The number of carbonyl (C=O) groups is 1. The fourth-order valence-electron chi connectivity index (χ4n) is 2.94. The molecule has 0 aliphatic heterocycles. The molecule has 1 fully saturated rings. The second kappa shape index (κ2) is 8.03. The zero-order valence-corrected chi connectivity index (χ0v) is 13.1. The maximum absolute atomic E-state index is 12.1. The Morgan fingerprint density at radius 2 is 2.00 bits per heavy atom. The van der Waals surface area contributed by atoms with Crippen LogP contribution in [0.15, 0.2) is 24.3 Å². The smallest absolute Gasteiger partial charge is 0.225 e. The van der Waals surface area contributed by atoms with E-state index in [1.807, 2.05) is 24.3 Å². The lowest BCUT2D eigenvalue weighted by atomic mass is 9.94. The third-order valence-corrected chi connectivity index (χ3v) is 4.27. The second-order valence-corrected chi connectivity index (χ2v) is 5.77. The van der Waals surface area contributed by atoms with Crippen molar-refractivity contribution in [2.75, 3.05) is 26.0 Å². The number of rotatable bonds is 6. The molecule has 1 amide bonds. The lowest BCUT2D eigenvalue weighted by molar-refractivity contribution is -0.116. The highest BCUT2D eigenvalue weighted by Gasteiger charge is 2.18. The Balaban J connectivity index is 1.79. The van der Waals surface area contributed by atoms with Gasteiger partial charge >= 0.3 is 0 Å². The van der Waals surface area contributed by atoms with Gasteiger partial charge in [-0.25, -0.2) is 0 Å². The molecule has 1 N–H and O–H groups in total. The normalized spacial score (nSPS) is 16.0. The predicted octanol–water partition coefficient (Wildman–Crippen LogP) is 3.29. The molecule has 0 radical (unpaired) electrons. The number of benzene rings is 1. The number of anilines is 1. The average Bonchev–Trinajstić information content (AvgIpc) is 2.54. The standard InChI is InChI=1S/C17H26N2O2/c1-19(14-8-4-3-5-9-14)13-12-17(20)18-15-10-6-7-11-16(15)21-2/h6-7,10-11,14H,3-5,8-9,12-13H2,1-2H3,(H,18,20). The van der Waals surface area contributed by atoms with Gasteiger partial charge in [0.15, 0.2) is 0 Å². The zero-order chi connectivity index (χ0) is 15.1. The molecule has 0 atom stereocenters. The molecule has 116 valence electrons. The van der Waals surface area contributed by atoms with Crippen LogP contribution in [0.25, 0.3) is 0 Å². The number of ether oxygens (including phenoxy) is 1. The topological polar surface area (TPSA) is 41.6 Å². The minimum atomic E-state index is 0.0437. The number of amides is 1. The molecule has 0 unspecified atom stereocenters. The van der Waals surface area contributed by atoms with Crippen LogP contribution in [0, 0.1) is 0 Å². The van der Waals surface area contributed by atoms with E-state index in [4.69, 9.17) is 4.74 Å². The van der Waals surface area contributed by atoms with E-state index >= 15 is 0 Å². The minimum Gasteiger partial charge on any atom is -0.495 e. The summed E-state index contributed by atoms with van der Waals surface area (Å²) in [7, 11) is 3.74. The third kappa shape index (κ3) is 4.74. The first-order chi connectivity index (χ1) is 10.2. The number of nitrogens with one attached hydrogen (secondary N) is 1. The van der Waals surface area contributed by atoms with E-state index in [2.05, 4.69) is 17.3 Å². The molecule has 1 aliphatic carbocycles. The van der Waals surface area contributed by atoms with E-state index in [1.165, 1.54) is 32.1 Å². The summed E-state index contributed by atoms with van der Waals surface area (Å²) in [6.07, 6.45) is 7.06. The molecule has 4 heteroatoms. The summed E-state index contributed by atoms with van der Waals surface area (Å²) < 4.78 is 5.24. The van der Waals surface area contributed by atoms with Gasteiger partial charge in [0.05, 0.1) is 12.8 Å². The number of methoxy groups -OCH3 is 1. The van der Waals surface area contributed by atoms with E-state index in [1.54, 1.807) is 7.11 Å². The third-order valence-electron chi connectivity index (χ3n) is 4.27. The van der Waals surface area contributed by atoms with Gasteiger partial charge in [-0.05, 0) is 32.0 Å². The quantitative estimate of drug-likeness (QED) is 0.874. The Bertz CT molecular complexity index is 456. The van der Waals surface area contributed by atoms with Crippen molar-refractivity contribution in [2.45, 2.75) is 44.6 Å². The number of hydrogen-bond donors (Lipinski definition) is 1. The van der Waals surface area contributed by atoms with Gasteiger partial charge in [-0.2, -0.15) is 0 Å². The lowest BCUT2D eigenvalue weighted by Gasteiger charge is -2.30. The summed E-state index contributed by atoms with van der Waals surface area (Å²) in [5.74, 6) is 0.744. The number of carbonyl (C=O) groups excluding carboxylic acids is 1. The molecule has 1 aliphatic rings. The number of hydrogen-bond acceptors (Lipinski definition) is 3. The van der Waals surface area contributed by atoms with Gasteiger partial charge in [0.25, 0.3) is 0 Å². The van der Waals surface area contributed by atoms with Gasteiger partial charge in [0.1, 0.15) is 5.75 Å². The molecule has 1 aromatic carbocycles. The van der Waals surface area contributed by atoms with Crippen LogP contribution in [0.2, 0.25) is 0 Å². The Morgan fingerprint density at radius 1 is 1.29 bits per heavy atom. The summed E-state index contributed by atoms with van der Waals surface area (Å²) >= 11 is 0. The van der Waals surface area contributed by atoms with Crippen molar-refractivity contribution in [3.8, 4) is 5.75 Å². The molecule has 21 heavy (non-hydrogen) atoms. The van der Waals surface area contributed by atoms with Gasteiger partial charge in [-0.3, -0.25) is 4.79 Å². The molecule has 2 rings (SSSR count). The maximum Gasteiger partial charge on any atom is 0.225 e. The second-order valence-electron chi connectivity index (χ2n) is 5.77. The van der Waals surface area contributed by atoms with Gasteiger partial charge in [0.2, 0.25) is 5.91 Å². The highest BCUT2D eigenvalue weighted by molar-refractivity contribution is 5.92. The van der Waals surface area contributed by atoms with Crippen LogP contribution in [0.4, 0.5) is 5.69 Å². The molecule has 1 saturated carbocycles. The average molecular weight is 290 g/mol. The van der Waals surface area contributed by atoms with E-state index in [0.29, 0.717) is 18.2 Å². The molecule has 0 saturated heterocycles. The highest BCUT2D eigenvalue weighted by Crippen LogP contribution is 2.24. The largest absolute Gasteiger partial charge is 0.495 e. The van der Waals surface area contributed by atoms with Crippen molar-refractivity contribution >= 4 is 11.6 Å². The Kier molecular flexibility index (Phi) is 6.05. The first-order valence-electron chi connectivity index (χ1n) is 7.84. The van der Waals surface area contributed by atoms with Crippen LogP contribution in [0.5, 0.6) is 5.75 Å². The van der Waals surface area contributed by atoms with Gasteiger partial charge in [-0.1, -0.05) is 31.4 Å². The molecule has 0 spiro atoms. The molecular formula is C17H26N2O2. The van der Waals surface area contributed by atoms with Crippen LogP contribution < -0.4 is 10.1 Å². The van der Waals surface area contributed by atoms with Gasteiger partial charge in [-0.15, -0.1) is 0 Å². The van der Waals surface area contributed by atoms with Gasteiger partial charge < -0.3 is 15.0 Å². The molecule has 1 aromatic rings. The molecule has 0 bridgehead atoms. The number of para-hydroxylation sites is 2. The van der Waals surface area contributed by atoms with Crippen LogP contribution in [-0.4, -0.2) is 37.6 Å². The Labute approximate surface area is 127 Å². The van der Waals surface area contributed by atoms with Crippen molar-refractivity contribution < 1.29 is 9.53 Å². The monoisotopic (exact) mass is 290 g/mol. The van der Waals surface area contributed by atoms with Crippen LogP contribution >= 0.6 is 0 Å². The Hall–Kier alpha value is -1.55. The first kappa shape index (κ1) is 15.8.